The number of aromatic nitrogens is 1. The maximum atomic E-state index is 13.3. The van der Waals surface area contributed by atoms with Crippen LogP contribution in [-0.4, -0.2) is 22.7 Å². The molecule has 5 nitrogen and oxygen atoms in total. The molecule has 2 aromatic carbocycles. The van der Waals surface area contributed by atoms with E-state index in [1.165, 1.54) is 18.0 Å². The zero-order chi connectivity index (χ0) is 20.9. The number of halogens is 1. The monoisotopic (exact) mass is 435 g/mol. The number of ether oxygens (including phenoxy) is 1. The minimum atomic E-state index is -0.135. The molecule has 0 bridgehead atoms. The molecule has 1 aliphatic heterocycles. The number of hydrogen-bond acceptors (Lipinski definition) is 5. The van der Waals surface area contributed by atoms with Crippen LogP contribution in [0.25, 0.3) is 6.08 Å². The second-order valence-electron chi connectivity index (χ2n) is 6.31. The molecule has 7 heteroatoms. The Bertz CT molecular complexity index is 1110. The van der Waals surface area contributed by atoms with Gasteiger partial charge in [0.15, 0.2) is 5.17 Å². The second-order valence-corrected chi connectivity index (χ2v) is 7.73. The Morgan fingerprint density at radius 2 is 1.90 bits per heavy atom. The molecule has 0 unspecified atom stereocenters. The van der Waals surface area contributed by atoms with Crippen LogP contribution < -0.4 is 9.64 Å². The Labute approximate surface area is 184 Å². The van der Waals surface area contributed by atoms with Gasteiger partial charge in [0, 0.05) is 12.4 Å². The molecular weight excluding hydrogens is 418 g/mol. The quantitative estimate of drug-likeness (QED) is 0.465. The van der Waals surface area contributed by atoms with Crippen LogP contribution in [0.5, 0.6) is 5.75 Å². The van der Waals surface area contributed by atoms with Crippen molar-refractivity contribution in [1.82, 2.24) is 4.98 Å². The third-order valence-electron chi connectivity index (χ3n) is 4.28. The van der Waals surface area contributed by atoms with Crippen LogP contribution in [0.2, 0.25) is 5.02 Å². The van der Waals surface area contributed by atoms with E-state index in [-0.39, 0.29) is 5.91 Å². The van der Waals surface area contributed by atoms with Crippen LogP contribution in [-0.2, 0) is 4.79 Å². The van der Waals surface area contributed by atoms with Gasteiger partial charge >= 0.3 is 0 Å². The van der Waals surface area contributed by atoms with Crippen molar-refractivity contribution in [3.63, 3.8) is 0 Å². The van der Waals surface area contributed by atoms with Gasteiger partial charge < -0.3 is 4.74 Å². The topological polar surface area (TPSA) is 54.8 Å². The molecule has 30 heavy (non-hydrogen) atoms. The molecule has 2 heterocycles. The number of thioether (sulfide) groups is 1. The maximum absolute atomic E-state index is 13.3. The third-order valence-corrected chi connectivity index (χ3v) is 5.54. The van der Waals surface area contributed by atoms with Gasteiger partial charge in [-0.1, -0.05) is 41.9 Å². The molecule has 0 N–H and O–H groups in total. The number of rotatable bonds is 5. The average Bonchev–Trinajstić information content (AvgIpc) is 3.06. The van der Waals surface area contributed by atoms with E-state index >= 15 is 0 Å². The van der Waals surface area contributed by atoms with E-state index in [0.717, 1.165) is 17.0 Å². The summed E-state index contributed by atoms with van der Waals surface area (Å²) < 4.78 is 5.48. The van der Waals surface area contributed by atoms with E-state index < -0.39 is 0 Å². The Morgan fingerprint density at radius 1 is 1.13 bits per heavy atom. The van der Waals surface area contributed by atoms with Gasteiger partial charge in [-0.3, -0.25) is 14.7 Å². The van der Waals surface area contributed by atoms with E-state index in [9.17, 15) is 4.79 Å². The SMILES string of the molecule is CCOc1ccc(/C=C2\SC(=Nc3ccncc3Cl)N(c3ccccc3)C2=O)cc1. The minimum absolute atomic E-state index is 0.135. The molecule has 1 fully saturated rings. The number of benzene rings is 2. The Balaban J connectivity index is 1.72. The van der Waals surface area contributed by atoms with E-state index in [1.54, 1.807) is 17.2 Å². The summed E-state index contributed by atoms with van der Waals surface area (Å²) in [6, 6.07) is 18.8. The zero-order valence-electron chi connectivity index (χ0n) is 16.2. The molecule has 1 saturated heterocycles. The lowest BCUT2D eigenvalue weighted by Gasteiger charge is -2.15. The lowest BCUT2D eigenvalue weighted by molar-refractivity contribution is -0.113. The highest BCUT2D eigenvalue weighted by molar-refractivity contribution is 8.19. The number of para-hydroxylation sites is 1. The fourth-order valence-electron chi connectivity index (χ4n) is 2.89. The van der Waals surface area contributed by atoms with Crippen molar-refractivity contribution >= 4 is 51.9 Å². The van der Waals surface area contributed by atoms with Crippen molar-refractivity contribution in [2.45, 2.75) is 6.92 Å². The zero-order valence-corrected chi connectivity index (χ0v) is 17.7. The summed E-state index contributed by atoms with van der Waals surface area (Å²) in [6.45, 7) is 2.55. The van der Waals surface area contributed by atoms with Crippen LogP contribution in [0.4, 0.5) is 11.4 Å². The number of pyridine rings is 1. The van der Waals surface area contributed by atoms with Crippen LogP contribution in [0.3, 0.4) is 0 Å². The third kappa shape index (κ3) is 4.40. The lowest BCUT2D eigenvalue weighted by Crippen LogP contribution is -2.28. The van der Waals surface area contributed by atoms with E-state index in [0.29, 0.717) is 27.4 Å². The first kappa shape index (κ1) is 20.2. The van der Waals surface area contributed by atoms with Gasteiger partial charge in [0.1, 0.15) is 5.75 Å². The number of anilines is 1. The highest BCUT2D eigenvalue weighted by atomic mass is 35.5. The van der Waals surface area contributed by atoms with Crippen molar-refractivity contribution in [2.75, 3.05) is 11.5 Å². The normalized spacial score (nSPS) is 16.5. The predicted octanol–water partition coefficient (Wildman–Crippen LogP) is 5.94. The fourth-order valence-corrected chi connectivity index (χ4v) is 4.05. The van der Waals surface area contributed by atoms with Crippen molar-refractivity contribution in [3.05, 3.63) is 88.5 Å². The van der Waals surface area contributed by atoms with E-state index in [2.05, 4.69) is 9.98 Å². The number of hydrogen-bond donors (Lipinski definition) is 0. The number of amides is 1. The van der Waals surface area contributed by atoms with Crippen molar-refractivity contribution < 1.29 is 9.53 Å². The van der Waals surface area contributed by atoms with Crippen LogP contribution in [0.15, 0.2) is 83.0 Å². The highest BCUT2D eigenvalue weighted by Gasteiger charge is 2.34. The molecule has 150 valence electrons. The predicted molar refractivity (Wildman–Crippen MR) is 123 cm³/mol. The summed E-state index contributed by atoms with van der Waals surface area (Å²) in [4.78, 5) is 24.1. The molecule has 1 aliphatic rings. The molecule has 0 radical (unpaired) electrons. The summed E-state index contributed by atoms with van der Waals surface area (Å²) in [7, 11) is 0. The summed E-state index contributed by atoms with van der Waals surface area (Å²) in [6.07, 6.45) is 5.01. The van der Waals surface area contributed by atoms with Crippen LogP contribution in [0, 0.1) is 0 Å². The molecule has 0 spiro atoms. The van der Waals surface area contributed by atoms with Gasteiger partial charge in [0.25, 0.3) is 5.91 Å². The van der Waals surface area contributed by atoms with Gasteiger partial charge in [-0.2, -0.15) is 0 Å². The molecule has 3 aromatic rings. The van der Waals surface area contributed by atoms with Gasteiger partial charge in [-0.25, -0.2) is 4.99 Å². The standard InChI is InChI=1S/C23H18ClN3O2S/c1-2-29-18-10-8-16(9-11-18)14-21-22(28)27(17-6-4-3-5-7-17)23(30-21)26-20-12-13-25-15-19(20)24/h3-15H,2H2,1H3/b21-14-,26-23?. The maximum Gasteiger partial charge on any atom is 0.271 e. The molecule has 0 saturated carbocycles. The van der Waals surface area contributed by atoms with Gasteiger partial charge in [-0.15, -0.1) is 0 Å². The Morgan fingerprint density at radius 3 is 2.60 bits per heavy atom. The molecule has 4 rings (SSSR count). The lowest BCUT2D eigenvalue weighted by atomic mass is 10.2. The number of aliphatic imine (C=N–C) groups is 1. The van der Waals surface area contributed by atoms with Crippen molar-refractivity contribution in [3.8, 4) is 5.75 Å². The summed E-state index contributed by atoms with van der Waals surface area (Å²) in [5.74, 6) is 0.662. The second kappa shape index (κ2) is 9.15. The number of nitrogens with zero attached hydrogens (tertiary/aromatic N) is 3. The smallest absolute Gasteiger partial charge is 0.271 e. The van der Waals surface area contributed by atoms with Crippen LogP contribution in [0.1, 0.15) is 12.5 Å². The first-order valence-corrected chi connectivity index (χ1v) is 10.6. The summed E-state index contributed by atoms with van der Waals surface area (Å²) >= 11 is 7.54. The van der Waals surface area contributed by atoms with E-state index in [4.69, 9.17) is 16.3 Å². The first-order chi connectivity index (χ1) is 14.7. The van der Waals surface area contributed by atoms with Crippen molar-refractivity contribution in [1.29, 1.82) is 0 Å². The number of carbonyl (C=O) groups excluding carboxylic acids is 1. The number of carbonyl (C=O) groups is 1. The highest BCUT2D eigenvalue weighted by Crippen LogP contribution is 2.38. The molecule has 1 aromatic heterocycles. The van der Waals surface area contributed by atoms with Gasteiger partial charge in [-0.05, 0) is 60.7 Å². The molecule has 1 amide bonds. The van der Waals surface area contributed by atoms with Crippen LogP contribution >= 0.6 is 23.4 Å². The molecular formula is C23H18ClN3O2S. The fraction of sp³-hybridized carbons (Fsp3) is 0.0870. The Kier molecular flexibility index (Phi) is 6.16. The summed E-state index contributed by atoms with van der Waals surface area (Å²) in [5.41, 5.74) is 2.21. The Hall–Kier alpha value is -3.09. The molecule has 0 atom stereocenters. The molecule has 0 aliphatic carbocycles. The number of amidine groups is 1. The average molecular weight is 436 g/mol. The first-order valence-electron chi connectivity index (χ1n) is 9.36. The summed E-state index contributed by atoms with van der Waals surface area (Å²) in [5, 5.41) is 0.964. The van der Waals surface area contributed by atoms with Crippen molar-refractivity contribution in [2.24, 2.45) is 4.99 Å². The minimum Gasteiger partial charge on any atom is -0.494 e. The van der Waals surface area contributed by atoms with Gasteiger partial charge in [0.05, 0.1) is 27.9 Å². The largest absolute Gasteiger partial charge is 0.494 e. The van der Waals surface area contributed by atoms with Gasteiger partial charge in [0.2, 0.25) is 0 Å². The van der Waals surface area contributed by atoms with E-state index in [1.807, 2.05) is 67.6 Å².